The van der Waals surface area contributed by atoms with Crippen LogP contribution in [0, 0.1) is 5.92 Å². The van der Waals surface area contributed by atoms with Crippen molar-refractivity contribution in [2.45, 2.75) is 32.4 Å². The SMILES string of the molecule is CCC(C)[C@H](O)[C@H](N)c1c(OC)cc(O)cc1OC. The van der Waals surface area contributed by atoms with Crippen LogP contribution in [0.1, 0.15) is 31.9 Å². The first-order valence-electron chi connectivity index (χ1n) is 6.34. The molecule has 0 spiro atoms. The molecule has 5 nitrogen and oxygen atoms in total. The Balaban J connectivity index is 3.23. The lowest BCUT2D eigenvalue weighted by molar-refractivity contribution is 0.0860. The molecule has 4 N–H and O–H groups in total. The number of ether oxygens (including phenoxy) is 2. The summed E-state index contributed by atoms with van der Waals surface area (Å²) in [4.78, 5) is 0. The molecule has 0 saturated heterocycles. The molecule has 0 aliphatic heterocycles. The highest BCUT2D eigenvalue weighted by Crippen LogP contribution is 2.39. The predicted molar refractivity (Wildman–Crippen MR) is 73.6 cm³/mol. The minimum absolute atomic E-state index is 0.0303. The van der Waals surface area contributed by atoms with Crippen molar-refractivity contribution in [3.8, 4) is 17.2 Å². The molecule has 0 fully saturated rings. The number of nitrogens with two attached hydrogens (primary N) is 1. The van der Waals surface area contributed by atoms with Crippen molar-refractivity contribution < 1.29 is 19.7 Å². The maximum atomic E-state index is 10.3. The van der Waals surface area contributed by atoms with Crippen molar-refractivity contribution in [2.75, 3.05) is 14.2 Å². The molecule has 3 atom stereocenters. The number of benzene rings is 1. The van der Waals surface area contributed by atoms with Crippen molar-refractivity contribution in [1.29, 1.82) is 0 Å². The summed E-state index contributed by atoms with van der Waals surface area (Å²) in [6, 6.07) is 2.28. The second kappa shape index (κ2) is 6.63. The van der Waals surface area contributed by atoms with Gasteiger partial charge in [0.05, 0.1) is 31.9 Å². The Bertz CT molecular complexity index is 397. The number of rotatable bonds is 6. The first-order valence-corrected chi connectivity index (χ1v) is 6.34. The molecular formula is C14H23NO4. The highest BCUT2D eigenvalue weighted by atomic mass is 16.5. The molecule has 5 heteroatoms. The van der Waals surface area contributed by atoms with Gasteiger partial charge in [-0.2, -0.15) is 0 Å². The molecule has 0 aliphatic rings. The van der Waals surface area contributed by atoms with Crippen LogP contribution in [0.4, 0.5) is 0 Å². The molecule has 19 heavy (non-hydrogen) atoms. The molecule has 1 aromatic carbocycles. The van der Waals surface area contributed by atoms with Crippen molar-refractivity contribution in [1.82, 2.24) is 0 Å². The Hall–Kier alpha value is -1.46. The van der Waals surface area contributed by atoms with Crippen LogP contribution in [0.5, 0.6) is 17.2 Å². The molecule has 1 rings (SSSR count). The number of hydrogen-bond acceptors (Lipinski definition) is 5. The quantitative estimate of drug-likeness (QED) is 0.733. The highest BCUT2D eigenvalue weighted by Gasteiger charge is 2.28. The molecule has 0 bridgehead atoms. The average molecular weight is 269 g/mol. The molecule has 1 unspecified atom stereocenters. The topological polar surface area (TPSA) is 84.9 Å². The molecular weight excluding hydrogens is 246 g/mol. The van der Waals surface area contributed by atoms with Gasteiger partial charge in [-0.1, -0.05) is 20.3 Å². The molecule has 0 radical (unpaired) electrons. The Morgan fingerprint density at radius 1 is 1.21 bits per heavy atom. The van der Waals surface area contributed by atoms with Crippen molar-refractivity contribution in [2.24, 2.45) is 11.7 Å². The van der Waals surface area contributed by atoms with E-state index in [2.05, 4.69) is 0 Å². The molecule has 0 saturated carbocycles. The summed E-state index contributed by atoms with van der Waals surface area (Å²) in [5, 5.41) is 19.8. The van der Waals surface area contributed by atoms with Crippen LogP contribution in [0.15, 0.2) is 12.1 Å². The molecule has 108 valence electrons. The fraction of sp³-hybridized carbons (Fsp3) is 0.571. The zero-order valence-electron chi connectivity index (χ0n) is 11.9. The van der Waals surface area contributed by atoms with Crippen molar-refractivity contribution >= 4 is 0 Å². The Labute approximate surface area is 114 Å². The minimum Gasteiger partial charge on any atom is -0.508 e. The fourth-order valence-corrected chi connectivity index (χ4v) is 2.02. The Morgan fingerprint density at radius 3 is 2.05 bits per heavy atom. The zero-order valence-corrected chi connectivity index (χ0v) is 11.9. The van der Waals surface area contributed by atoms with Gasteiger partial charge in [0.1, 0.15) is 17.2 Å². The monoisotopic (exact) mass is 269 g/mol. The van der Waals surface area contributed by atoms with Crippen LogP contribution in [0.25, 0.3) is 0 Å². The summed E-state index contributed by atoms with van der Waals surface area (Å²) in [6.07, 6.45) is 0.106. The molecule has 0 amide bonds. The van der Waals surface area contributed by atoms with Crippen LogP contribution in [0.2, 0.25) is 0 Å². The standard InChI is InChI=1S/C14H23NO4/c1-5-8(2)14(17)13(15)12-10(18-3)6-9(16)7-11(12)19-4/h6-8,13-14,16-17H,5,15H2,1-4H3/t8?,13-,14+/m1/s1. The number of aliphatic hydroxyl groups excluding tert-OH is 1. The lowest BCUT2D eigenvalue weighted by atomic mass is 9.90. The van der Waals surface area contributed by atoms with Gasteiger partial charge in [-0.15, -0.1) is 0 Å². The smallest absolute Gasteiger partial charge is 0.131 e. The number of aromatic hydroxyl groups is 1. The van der Waals surface area contributed by atoms with E-state index in [0.29, 0.717) is 17.1 Å². The maximum absolute atomic E-state index is 10.3. The van der Waals surface area contributed by atoms with Crippen LogP contribution in [-0.2, 0) is 0 Å². The maximum Gasteiger partial charge on any atom is 0.131 e. The third-order valence-corrected chi connectivity index (χ3v) is 3.46. The van der Waals surface area contributed by atoms with E-state index in [4.69, 9.17) is 15.2 Å². The van der Waals surface area contributed by atoms with E-state index < -0.39 is 12.1 Å². The Kier molecular flexibility index (Phi) is 5.44. The molecule has 0 aliphatic carbocycles. The van der Waals surface area contributed by atoms with Gasteiger partial charge in [0.25, 0.3) is 0 Å². The summed E-state index contributed by atoms with van der Waals surface area (Å²) in [6.45, 7) is 3.93. The fourth-order valence-electron chi connectivity index (χ4n) is 2.02. The normalized spacial score (nSPS) is 15.7. The van der Waals surface area contributed by atoms with Crippen molar-refractivity contribution in [3.05, 3.63) is 17.7 Å². The van der Waals surface area contributed by atoms with Gasteiger partial charge in [-0.05, 0) is 5.92 Å². The second-order valence-corrected chi connectivity index (χ2v) is 4.67. The van der Waals surface area contributed by atoms with Crippen LogP contribution < -0.4 is 15.2 Å². The van der Waals surface area contributed by atoms with Crippen LogP contribution in [0.3, 0.4) is 0 Å². The minimum atomic E-state index is -0.711. The van der Waals surface area contributed by atoms with Gasteiger partial charge in [-0.3, -0.25) is 0 Å². The lowest BCUT2D eigenvalue weighted by Gasteiger charge is -2.26. The van der Waals surface area contributed by atoms with E-state index in [-0.39, 0.29) is 11.7 Å². The summed E-state index contributed by atoms with van der Waals surface area (Å²) in [7, 11) is 2.97. The van der Waals surface area contributed by atoms with Gasteiger partial charge in [0, 0.05) is 12.1 Å². The van der Waals surface area contributed by atoms with Gasteiger partial charge in [0.15, 0.2) is 0 Å². The van der Waals surface area contributed by atoms with E-state index >= 15 is 0 Å². The summed E-state index contributed by atoms with van der Waals surface area (Å²) in [5.74, 6) is 0.902. The van der Waals surface area contributed by atoms with Crippen molar-refractivity contribution in [3.63, 3.8) is 0 Å². The number of methoxy groups -OCH3 is 2. The van der Waals surface area contributed by atoms with Gasteiger partial charge in [-0.25, -0.2) is 0 Å². The Morgan fingerprint density at radius 2 is 1.68 bits per heavy atom. The second-order valence-electron chi connectivity index (χ2n) is 4.67. The largest absolute Gasteiger partial charge is 0.508 e. The van der Waals surface area contributed by atoms with Gasteiger partial charge >= 0.3 is 0 Å². The summed E-state index contributed by atoms with van der Waals surface area (Å²) in [5.41, 5.74) is 6.69. The number of phenols is 1. The third-order valence-electron chi connectivity index (χ3n) is 3.46. The van der Waals surface area contributed by atoms with E-state index in [0.717, 1.165) is 6.42 Å². The van der Waals surface area contributed by atoms with E-state index in [9.17, 15) is 10.2 Å². The zero-order chi connectivity index (χ0) is 14.6. The summed E-state index contributed by atoms with van der Waals surface area (Å²) < 4.78 is 10.4. The predicted octanol–water partition coefficient (Wildman–Crippen LogP) is 1.82. The summed E-state index contributed by atoms with van der Waals surface area (Å²) >= 11 is 0. The van der Waals surface area contributed by atoms with E-state index in [1.807, 2.05) is 13.8 Å². The molecule has 0 heterocycles. The number of hydrogen-bond donors (Lipinski definition) is 3. The number of aliphatic hydroxyl groups is 1. The number of phenolic OH excluding ortho intramolecular Hbond substituents is 1. The van der Waals surface area contributed by atoms with Gasteiger partial charge < -0.3 is 25.4 Å². The average Bonchev–Trinajstić information content (AvgIpc) is 2.43. The van der Waals surface area contributed by atoms with Crippen LogP contribution >= 0.6 is 0 Å². The molecule has 0 aromatic heterocycles. The third kappa shape index (κ3) is 3.30. The first kappa shape index (κ1) is 15.6. The lowest BCUT2D eigenvalue weighted by Crippen LogP contribution is -2.32. The highest BCUT2D eigenvalue weighted by molar-refractivity contribution is 5.52. The molecule has 1 aromatic rings. The van der Waals surface area contributed by atoms with E-state index in [1.165, 1.54) is 26.4 Å². The first-order chi connectivity index (χ1) is 8.96. The van der Waals surface area contributed by atoms with Crippen LogP contribution in [-0.4, -0.2) is 30.5 Å². The van der Waals surface area contributed by atoms with E-state index in [1.54, 1.807) is 0 Å². The van der Waals surface area contributed by atoms with Gasteiger partial charge in [0.2, 0.25) is 0 Å².